The fraction of sp³-hybridized carbons (Fsp3) is 0.600. The molecule has 10 nitrogen and oxygen atoms in total. The molecular weight excluding hydrogens is 362 g/mol. The second-order valence-electron chi connectivity index (χ2n) is 5.50. The van der Waals surface area contributed by atoms with Crippen molar-refractivity contribution < 1.29 is 24.2 Å². The molecule has 2 heterocycles. The number of carbonyl (C=O) groups excluding carboxylic acids is 3. The lowest BCUT2D eigenvalue weighted by atomic mass is 10.3. The van der Waals surface area contributed by atoms with Crippen LogP contribution in [0.4, 0.5) is 14.7 Å². The number of aromatic nitrogens is 1. The summed E-state index contributed by atoms with van der Waals surface area (Å²) in [6, 6.07) is -0.292. The second kappa shape index (κ2) is 9.92. The minimum absolute atomic E-state index is 0.0879. The van der Waals surface area contributed by atoms with Crippen molar-refractivity contribution in [1.82, 2.24) is 20.1 Å². The lowest BCUT2D eigenvalue weighted by Crippen LogP contribution is -2.51. The summed E-state index contributed by atoms with van der Waals surface area (Å²) in [5.74, 6) is -0.239. The number of aliphatic hydroxyl groups is 1. The number of anilines is 1. The number of piperazine rings is 1. The molecule has 1 aromatic rings. The molecule has 1 saturated heterocycles. The van der Waals surface area contributed by atoms with Crippen LogP contribution >= 0.6 is 11.3 Å². The van der Waals surface area contributed by atoms with Crippen molar-refractivity contribution >= 4 is 34.5 Å². The van der Waals surface area contributed by atoms with E-state index in [2.05, 4.69) is 15.6 Å². The zero-order chi connectivity index (χ0) is 18.9. The van der Waals surface area contributed by atoms with E-state index < -0.39 is 0 Å². The highest BCUT2D eigenvalue weighted by molar-refractivity contribution is 7.13. The first-order valence-corrected chi connectivity index (χ1v) is 9.21. The minimum Gasteiger partial charge on any atom is -0.450 e. The molecule has 0 bridgehead atoms. The molecule has 11 heteroatoms. The Morgan fingerprint density at radius 3 is 2.62 bits per heavy atom. The van der Waals surface area contributed by atoms with Gasteiger partial charge in [0.05, 0.1) is 25.3 Å². The quantitative estimate of drug-likeness (QED) is 0.638. The number of urea groups is 1. The summed E-state index contributed by atoms with van der Waals surface area (Å²) < 4.78 is 4.94. The van der Waals surface area contributed by atoms with E-state index in [1.807, 2.05) is 0 Å². The van der Waals surface area contributed by atoms with Gasteiger partial charge in [-0.15, -0.1) is 11.3 Å². The molecule has 0 radical (unpaired) electrons. The zero-order valence-electron chi connectivity index (χ0n) is 14.6. The second-order valence-corrected chi connectivity index (χ2v) is 6.36. The monoisotopic (exact) mass is 385 g/mol. The zero-order valence-corrected chi connectivity index (χ0v) is 15.4. The Balaban J connectivity index is 1.78. The van der Waals surface area contributed by atoms with Crippen molar-refractivity contribution in [2.45, 2.75) is 13.3 Å². The number of aliphatic hydroxyl groups excluding tert-OH is 1. The van der Waals surface area contributed by atoms with Crippen LogP contribution in [0.15, 0.2) is 5.38 Å². The number of carbonyl (C=O) groups is 3. The molecule has 0 aliphatic carbocycles. The number of hydrogen-bond donors (Lipinski definition) is 3. The summed E-state index contributed by atoms with van der Waals surface area (Å²) in [7, 11) is 0. The lowest BCUT2D eigenvalue weighted by molar-refractivity contribution is -0.120. The molecule has 3 N–H and O–H groups in total. The van der Waals surface area contributed by atoms with Gasteiger partial charge in [0, 0.05) is 38.1 Å². The Labute approximate surface area is 155 Å². The van der Waals surface area contributed by atoms with E-state index in [1.165, 1.54) is 11.3 Å². The van der Waals surface area contributed by atoms with Gasteiger partial charge in [0.25, 0.3) is 0 Å². The van der Waals surface area contributed by atoms with E-state index in [0.717, 1.165) is 0 Å². The highest BCUT2D eigenvalue weighted by Crippen LogP contribution is 2.17. The molecule has 0 spiro atoms. The largest absolute Gasteiger partial charge is 0.450 e. The summed E-state index contributed by atoms with van der Waals surface area (Å²) in [6.45, 7) is 3.81. The van der Waals surface area contributed by atoms with Crippen LogP contribution in [-0.4, -0.2) is 83.9 Å². The number of thiazole rings is 1. The molecule has 0 saturated carbocycles. The van der Waals surface area contributed by atoms with Crippen molar-refractivity contribution in [3.8, 4) is 0 Å². The molecule has 144 valence electrons. The first-order valence-electron chi connectivity index (χ1n) is 8.33. The summed E-state index contributed by atoms with van der Waals surface area (Å²) in [5, 5.41) is 16.0. The normalized spacial score (nSPS) is 14.1. The van der Waals surface area contributed by atoms with Crippen LogP contribution in [0.1, 0.15) is 12.6 Å². The van der Waals surface area contributed by atoms with E-state index in [1.54, 1.807) is 22.1 Å². The predicted octanol–water partition coefficient (Wildman–Crippen LogP) is 0.100. The van der Waals surface area contributed by atoms with Crippen LogP contribution in [0, 0.1) is 0 Å². The summed E-state index contributed by atoms with van der Waals surface area (Å²) in [5.41, 5.74) is 0.549. The molecule has 26 heavy (non-hydrogen) atoms. The Hall–Kier alpha value is -2.40. The maximum Gasteiger partial charge on any atom is 0.409 e. The minimum atomic E-state index is -0.364. The average molecular weight is 385 g/mol. The smallest absolute Gasteiger partial charge is 0.409 e. The molecule has 0 atom stereocenters. The topological polar surface area (TPSA) is 124 Å². The lowest BCUT2D eigenvalue weighted by Gasteiger charge is -2.33. The SMILES string of the molecule is CCOC(=O)N1CCN(C(=O)Nc2nc(CC(=O)NCCO)cs2)CC1. The Morgan fingerprint density at radius 1 is 1.27 bits per heavy atom. The van der Waals surface area contributed by atoms with Crippen molar-refractivity contribution in [2.24, 2.45) is 0 Å². The highest BCUT2D eigenvalue weighted by Gasteiger charge is 2.25. The van der Waals surface area contributed by atoms with Gasteiger partial charge in [-0.25, -0.2) is 14.6 Å². The maximum atomic E-state index is 12.3. The molecule has 1 aliphatic rings. The Kier molecular flexibility index (Phi) is 7.60. The number of hydrogen-bond acceptors (Lipinski definition) is 7. The van der Waals surface area contributed by atoms with Gasteiger partial charge in [-0.3, -0.25) is 10.1 Å². The van der Waals surface area contributed by atoms with Gasteiger partial charge in [-0.1, -0.05) is 0 Å². The third-order valence-electron chi connectivity index (χ3n) is 3.63. The molecule has 1 aromatic heterocycles. The third-order valence-corrected chi connectivity index (χ3v) is 4.44. The van der Waals surface area contributed by atoms with E-state index in [9.17, 15) is 14.4 Å². The van der Waals surface area contributed by atoms with E-state index in [-0.39, 0.29) is 37.6 Å². The third kappa shape index (κ3) is 5.85. The molecule has 2 rings (SSSR count). The maximum absolute atomic E-state index is 12.3. The average Bonchev–Trinajstić information content (AvgIpc) is 3.07. The molecule has 1 aliphatic heterocycles. The van der Waals surface area contributed by atoms with Crippen molar-refractivity contribution in [1.29, 1.82) is 0 Å². The van der Waals surface area contributed by atoms with Gasteiger partial charge in [0.1, 0.15) is 0 Å². The van der Waals surface area contributed by atoms with Crippen LogP contribution in [0.3, 0.4) is 0 Å². The standard InChI is InChI=1S/C15H23N5O5S/c1-2-25-15(24)20-6-4-19(5-7-20)14(23)18-13-17-11(10-26-13)9-12(22)16-3-8-21/h10,21H,2-9H2,1H3,(H,16,22)(H,17,18,23). The van der Waals surface area contributed by atoms with Gasteiger partial charge in [0.2, 0.25) is 5.91 Å². The van der Waals surface area contributed by atoms with E-state index in [0.29, 0.717) is 43.6 Å². The predicted molar refractivity (Wildman–Crippen MR) is 95.1 cm³/mol. The molecule has 0 unspecified atom stereocenters. The number of amides is 4. The first kappa shape index (κ1) is 19.9. The number of nitrogens with one attached hydrogen (secondary N) is 2. The van der Waals surface area contributed by atoms with Gasteiger partial charge in [-0.05, 0) is 6.92 Å². The van der Waals surface area contributed by atoms with Crippen molar-refractivity contribution in [3.05, 3.63) is 11.1 Å². The molecule has 0 aromatic carbocycles. The van der Waals surface area contributed by atoms with Crippen LogP contribution in [0.25, 0.3) is 0 Å². The number of rotatable bonds is 6. The summed E-state index contributed by atoms with van der Waals surface area (Å²) in [4.78, 5) is 42.9. The molecule has 1 fully saturated rings. The Morgan fingerprint density at radius 2 is 1.96 bits per heavy atom. The van der Waals surface area contributed by atoms with Crippen molar-refractivity contribution in [2.75, 3.05) is 51.3 Å². The fourth-order valence-corrected chi connectivity index (χ4v) is 3.05. The summed E-state index contributed by atoms with van der Waals surface area (Å²) >= 11 is 1.24. The van der Waals surface area contributed by atoms with Crippen LogP contribution in [-0.2, 0) is 16.0 Å². The molecule has 4 amide bonds. The van der Waals surface area contributed by atoms with Gasteiger partial charge in [-0.2, -0.15) is 0 Å². The highest BCUT2D eigenvalue weighted by atomic mass is 32.1. The number of nitrogens with zero attached hydrogens (tertiary/aromatic N) is 3. The van der Waals surface area contributed by atoms with Crippen LogP contribution < -0.4 is 10.6 Å². The van der Waals surface area contributed by atoms with Gasteiger partial charge < -0.3 is 25.0 Å². The Bertz CT molecular complexity index is 630. The van der Waals surface area contributed by atoms with Crippen molar-refractivity contribution in [3.63, 3.8) is 0 Å². The molecular formula is C15H23N5O5S. The number of ether oxygens (including phenoxy) is 1. The van der Waals surface area contributed by atoms with Crippen LogP contribution in [0.5, 0.6) is 0 Å². The fourth-order valence-electron chi connectivity index (χ4n) is 2.35. The summed E-state index contributed by atoms with van der Waals surface area (Å²) in [6.07, 6.45) is -0.276. The van der Waals surface area contributed by atoms with Gasteiger partial charge in [0.15, 0.2) is 5.13 Å². The first-order chi connectivity index (χ1) is 12.5. The van der Waals surface area contributed by atoms with E-state index >= 15 is 0 Å². The van der Waals surface area contributed by atoms with Crippen LogP contribution in [0.2, 0.25) is 0 Å². The van der Waals surface area contributed by atoms with Gasteiger partial charge >= 0.3 is 12.1 Å². The van der Waals surface area contributed by atoms with E-state index in [4.69, 9.17) is 9.84 Å².